The monoisotopic (exact) mass is 509 g/mol. The van der Waals surface area contributed by atoms with Crippen molar-refractivity contribution in [3.8, 4) is 17.6 Å². The van der Waals surface area contributed by atoms with Crippen LogP contribution >= 0.6 is 22.6 Å². The summed E-state index contributed by atoms with van der Waals surface area (Å²) < 4.78 is 17.7. The molecule has 2 atom stereocenters. The molecular formula is C22H24INO5. The molecular weight excluding hydrogens is 485 g/mol. The van der Waals surface area contributed by atoms with Gasteiger partial charge in [-0.3, -0.25) is 0 Å². The van der Waals surface area contributed by atoms with E-state index in [1.165, 1.54) is 0 Å². The fourth-order valence-electron chi connectivity index (χ4n) is 2.61. The molecule has 0 saturated heterocycles. The van der Waals surface area contributed by atoms with Crippen molar-refractivity contribution in [2.75, 3.05) is 13.2 Å². The average molecular weight is 509 g/mol. The predicted molar refractivity (Wildman–Crippen MR) is 117 cm³/mol. The minimum Gasteiger partial charge on any atom is -0.491 e. The van der Waals surface area contributed by atoms with Crippen LogP contribution in [0.3, 0.4) is 0 Å². The number of rotatable bonds is 11. The first-order valence-corrected chi connectivity index (χ1v) is 10.3. The largest absolute Gasteiger partial charge is 0.491 e. The normalized spacial score (nSPS) is 12.8. The quantitative estimate of drug-likeness (QED) is 0.369. The van der Waals surface area contributed by atoms with E-state index in [0.29, 0.717) is 23.5 Å². The number of hydrogen-bond acceptors (Lipinski definition) is 6. The molecule has 0 unspecified atom stereocenters. The van der Waals surface area contributed by atoms with Gasteiger partial charge in [0.05, 0.1) is 11.7 Å². The van der Waals surface area contributed by atoms with Gasteiger partial charge in [-0.25, -0.2) is 0 Å². The van der Waals surface area contributed by atoms with Gasteiger partial charge in [0, 0.05) is 9.99 Å². The second-order valence-corrected chi connectivity index (χ2v) is 7.98. The van der Waals surface area contributed by atoms with E-state index in [9.17, 15) is 9.90 Å². The second-order valence-electron chi connectivity index (χ2n) is 6.74. The molecule has 0 heterocycles. The fraction of sp³-hybridized carbons (Fsp3) is 0.364. The summed E-state index contributed by atoms with van der Waals surface area (Å²) in [5.74, 6) is 1.02. The number of ether oxygens (including phenoxy) is 3. The van der Waals surface area contributed by atoms with Crippen molar-refractivity contribution in [2.45, 2.75) is 38.6 Å². The van der Waals surface area contributed by atoms with Crippen LogP contribution in [0.4, 0.5) is 0 Å². The number of carbonyl (C=O) groups excluding carboxylic acids is 1. The Morgan fingerprint density at radius 3 is 2.62 bits per heavy atom. The summed E-state index contributed by atoms with van der Waals surface area (Å²) in [7, 11) is 0. The van der Waals surface area contributed by atoms with E-state index in [0.717, 1.165) is 15.4 Å². The zero-order chi connectivity index (χ0) is 21.2. The first-order chi connectivity index (χ1) is 13.9. The number of hydrogen-bond donors (Lipinski definition) is 1. The summed E-state index contributed by atoms with van der Waals surface area (Å²) in [6.45, 7) is 3.81. The summed E-state index contributed by atoms with van der Waals surface area (Å²) in [5, 5.41) is 19.3. The van der Waals surface area contributed by atoms with E-state index in [4.69, 9.17) is 19.5 Å². The molecule has 0 saturated carbocycles. The Bertz CT molecular complexity index is 849. The summed E-state index contributed by atoms with van der Waals surface area (Å²) in [6.07, 6.45) is -0.151. The van der Waals surface area contributed by atoms with Crippen molar-refractivity contribution in [1.29, 1.82) is 5.26 Å². The van der Waals surface area contributed by atoms with Crippen LogP contribution < -0.4 is 9.47 Å². The molecule has 154 valence electrons. The number of aliphatic hydroxyl groups excluding tert-OH is 1. The molecule has 29 heavy (non-hydrogen) atoms. The highest BCUT2D eigenvalue weighted by Crippen LogP contribution is 2.21. The Labute approximate surface area is 184 Å². The maximum atomic E-state index is 11.2. The lowest BCUT2D eigenvalue weighted by atomic mass is 10.1. The Morgan fingerprint density at radius 1 is 1.17 bits per heavy atom. The van der Waals surface area contributed by atoms with Gasteiger partial charge in [0.25, 0.3) is 0 Å². The second kappa shape index (κ2) is 11.8. The number of aliphatic hydroxyl groups is 1. The van der Waals surface area contributed by atoms with E-state index in [2.05, 4.69) is 28.7 Å². The molecule has 2 rings (SSSR count). The lowest BCUT2D eigenvalue weighted by molar-refractivity contribution is -0.120. The maximum absolute atomic E-state index is 11.2. The average Bonchev–Trinajstić information content (AvgIpc) is 2.70. The van der Waals surface area contributed by atoms with Gasteiger partial charge in [-0.15, -0.1) is 0 Å². The van der Waals surface area contributed by atoms with E-state index in [-0.39, 0.29) is 19.3 Å². The van der Waals surface area contributed by atoms with Crippen molar-refractivity contribution < 1.29 is 24.1 Å². The van der Waals surface area contributed by atoms with Crippen molar-refractivity contribution in [3.63, 3.8) is 0 Å². The van der Waals surface area contributed by atoms with E-state index in [1.807, 2.05) is 38.1 Å². The highest BCUT2D eigenvalue weighted by molar-refractivity contribution is 14.1. The number of carbonyl (C=O) groups is 1. The molecule has 0 aliphatic carbocycles. The Kier molecular flexibility index (Phi) is 9.38. The molecule has 2 aromatic carbocycles. The molecule has 2 aromatic rings. The number of halogens is 1. The van der Waals surface area contributed by atoms with E-state index < -0.39 is 12.2 Å². The molecule has 6 nitrogen and oxygen atoms in total. The SMILES string of the molecule is CC(C)O[C@H](C=O)Cc1cccc(OC[C@@H](O)COc2ccc(I)cc2C#N)c1. The van der Waals surface area contributed by atoms with Crippen molar-refractivity contribution in [2.24, 2.45) is 0 Å². The van der Waals surface area contributed by atoms with Crippen LogP contribution in [0.2, 0.25) is 0 Å². The molecule has 0 amide bonds. The third-order valence-corrected chi connectivity index (χ3v) is 4.54. The van der Waals surface area contributed by atoms with Crippen molar-refractivity contribution in [3.05, 3.63) is 57.2 Å². The first-order valence-electron chi connectivity index (χ1n) is 9.24. The zero-order valence-electron chi connectivity index (χ0n) is 16.4. The van der Waals surface area contributed by atoms with Gasteiger partial charge < -0.3 is 24.1 Å². The summed E-state index contributed by atoms with van der Waals surface area (Å²) >= 11 is 2.12. The summed E-state index contributed by atoms with van der Waals surface area (Å²) in [4.78, 5) is 11.2. The molecule has 1 N–H and O–H groups in total. The van der Waals surface area contributed by atoms with Crippen molar-refractivity contribution in [1.82, 2.24) is 0 Å². The lowest BCUT2D eigenvalue weighted by Crippen LogP contribution is -2.25. The third-order valence-electron chi connectivity index (χ3n) is 3.87. The first kappa shape index (κ1) is 23.1. The van der Waals surface area contributed by atoms with Gasteiger partial charge in [-0.05, 0) is 72.3 Å². The third kappa shape index (κ3) is 8.01. The van der Waals surface area contributed by atoms with Gasteiger partial charge in [0.2, 0.25) is 0 Å². The van der Waals surface area contributed by atoms with Crippen LogP contribution in [-0.4, -0.2) is 42.9 Å². The Hall–Kier alpha value is -2.15. The Morgan fingerprint density at radius 2 is 1.93 bits per heavy atom. The lowest BCUT2D eigenvalue weighted by Gasteiger charge is -2.16. The Balaban J connectivity index is 1.86. The molecule has 7 heteroatoms. The maximum Gasteiger partial charge on any atom is 0.149 e. The van der Waals surface area contributed by atoms with Gasteiger partial charge in [-0.1, -0.05) is 12.1 Å². The van der Waals surface area contributed by atoms with Crippen LogP contribution in [0.5, 0.6) is 11.5 Å². The highest BCUT2D eigenvalue weighted by Gasteiger charge is 2.13. The summed E-state index contributed by atoms with van der Waals surface area (Å²) in [5.41, 5.74) is 1.33. The highest BCUT2D eigenvalue weighted by atomic mass is 127. The van der Waals surface area contributed by atoms with Crippen LogP contribution in [0, 0.1) is 14.9 Å². The minimum atomic E-state index is -0.864. The molecule has 0 spiro atoms. The number of nitrogens with zero attached hydrogens (tertiary/aromatic N) is 1. The van der Waals surface area contributed by atoms with Gasteiger partial charge in [-0.2, -0.15) is 5.26 Å². The smallest absolute Gasteiger partial charge is 0.149 e. The molecule has 0 aromatic heterocycles. The van der Waals surface area contributed by atoms with Gasteiger partial charge in [0.1, 0.15) is 49.3 Å². The van der Waals surface area contributed by atoms with Gasteiger partial charge >= 0.3 is 0 Å². The summed E-state index contributed by atoms with van der Waals surface area (Å²) in [6, 6.07) is 14.7. The van der Waals surface area contributed by atoms with Crippen molar-refractivity contribution >= 4 is 28.9 Å². The minimum absolute atomic E-state index is 0.00437. The van der Waals surface area contributed by atoms with Crippen LogP contribution in [0.15, 0.2) is 42.5 Å². The standard InChI is InChI=1S/C22H24INO5/c1-15(2)29-21(12-25)9-16-4-3-5-20(8-16)27-13-19(26)14-28-22-7-6-18(23)10-17(22)11-24/h3-8,10,12,15,19,21,26H,9,13-14H2,1-2H3/t19-,21+/m1/s1. The predicted octanol–water partition coefficient (Wildman–Crippen LogP) is 3.52. The zero-order valence-corrected chi connectivity index (χ0v) is 18.5. The number of benzene rings is 2. The van der Waals surface area contributed by atoms with Crippen LogP contribution in [-0.2, 0) is 16.0 Å². The molecule has 0 aliphatic rings. The molecule has 0 bridgehead atoms. The molecule has 0 radical (unpaired) electrons. The topological polar surface area (TPSA) is 88.8 Å². The number of nitriles is 1. The number of aldehydes is 1. The molecule has 0 aliphatic heterocycles. The fourth-order valence-corrected chi connectivity index (χ4v) is 3.11. The van der Waals surface area contributed by atoms with Crippen LogP contribution in [0.25, 0.3) is 0 Å². The molecule has 0 fully saturated rings. The van der Waals surface area contributed by atoms with E-state index >= 15 is 0 Å². The van der Waals surface area contributed by atoms with Gasteiger partial charge in [0.15, 0.2) is 0 Å². The van der Waals surface area contributed by atoms with Crippen LogP contribution in [0.1, 0.15) is 25.0 Å². The van der Waals surface area contributed by atoms with E-state index in [1.54, 1.807) is 18.2 Å².